The molecule has 34 heavy (non-hydrogen) atoms. The molecular formula is C28H28F3NO2. The van der Waals surface area contributed by atoms with E-state index < -0.39 is 18.2 Å². The lowest BCUT2D eigenvalue weighted by Crippen LogP contribution is -2.47. The summed E-state index contributed by atoms with van der Waals surface area (Å²) in [7, 11) is 0. The Bertz CT molecular complexity index is 1090. The Hall–Kier alpha value is -2.86. The minimum absolute atomic E-state index is 0.104. The van der Waals surface area contributed by atoms with Gasteiger partial charge in [0.25, 0.3) is 0 Å². The average Bonchev–Trinajstić information content (AvgIpc) is 3.17. The first-order chi connectivity index (χ1) is 16.4. The number of amides is 1. The molecule has 1 spiro atoms. The van der Waals surface area contributed by atoms with Crippen molar-refractivity contribution in [1.82, 2.24) is 4.90 Å². The molecule has 5 rings (SSSR count). The molecule has 1 saturated heterocycles. The van der Waals surface area contributed by atoms with Crippen LogP contribution in [0.3, 0.4) is 0 Å². The van der Waals surface area contributed by atoms with Gasteiger partial charge in [0, 0.05) is 24.4 Å². The molecule has 1 amide bonds. The molecule has 1 fully saturated rings. The highest BCUT2D eigenvalue weighted by Gasteiger charge is 2.47. The smallest absolute Gasteiger partial charge is 0.363 e. The van der Waals surface area contributed by atoms with E-state index in [0.717, 1.165) is 25.3 Å². The number of carbonyl (C=O) groups excluding carboxylic acids is 1. The lowest BCUT2D eigenvalue weighted by molar-refractivity contribution is -0.187. The lowest BCUT2D eigenvalue weighted by atomic mass is 9.66. The summed E-state index contributed by atoms with van der Waals surface area (Å²) in [5.41, 5.74) is 3.87. The summed E-state index contributed by atoms with van der Waals surface area (Å²) in [6.45, 7) is 0.768. The number of hydrogen-bond donors (Lipinski definition) is 0. The van der Waals surface area contributed by atoms with Gasteiger partial charge < -0.3 is 9.64 Å². The number of halogens is 3. The Labute approximate surface area is 198 Å². The Morgan fingerprint density at radius 1 is 1.03 bits per heavy atom. The van der Waals surface area contributed by atoms with Crippen LogP contribution in [0, 0.1) is 11.8 Å². The molecule has 0 saturated carbocycles. The Kier molecular flexibility index (Phi) is 6.11. The van der Waals surface area contributed by atoms with Crippen molar-refractivity contribution < 1.29 is 22.7 Å². The molecule has 3 nitrogen and oxygen atoms in total. The average molecular weight is 468 g/mol. The van der Waals surface area contributed by atoms with Gasteiger partial charge in [-0.25, -0.2) is 0 Å². The van der Waals surface area contributed by atoms with E-state index in [1.54, 1.807) is 4.90 Å². The van der Waals surface area contributed by atoms with Gasteiger partial charge in [0.05, 0.1) is 6.10 Å². The minimum atomic E-state index is -4.41. The predicted octanol–water partition coefficient (Wildman–Crippen LogP) is 5.77. The maximum Gasteiger partial charge on any atom is 0.397 e. The van der Waals surface area contributed by atoms with Gasteiger partial charge in [-0.1, -0.05) is 84.5 Å². The number of rotatable bonds is 4. The monoisotopic (exact) mass is 467 g/mol. The van der Waals surface area contributed by atoms with E-state index in [9.17, 15) is 18.0 Å². The number of piperidine rings is 1. The van der Waals surface area contributed by atoms with E-state index in [0.29, 0.717) is 19.0 Å². The zero-order valence-electron chi connectivity index (χ0n) is 18.9. The van der Waals surface area contributed by atoms with Gasteiger partial charge in [-0.3, -0.25) is 4.79 Å². The zero-order valence-corrected chi connectivity index (χ0v) is 18.9. The molecule has 1 aromatic rings. The highest BCUT2D eigenvalue weighted by atomic mass is 19.4. The number of nitrogens with zero attached hydrogens (tertiary/aromatic N) is 1. The summed E-state index contributed by atoms with van der Waals surface area (Å²) in [6, 6.07) is 8.48. The van der Waals surface area contributed by atoms with Crippen LogP contribution >= 0.6 is 0 Å². The number of alkyl halides is 3. The summed E-state index contributed by atoms with van der Waals surface area (Å²) in [5.74, 6) is -1.64. The van der Waals surface area contributed by atoms with E-state index in [2.05, 4.69) is 54.6 Å². The molecule has 0 N–H and O–H groups in total. The second kappa shape index (κ2) is 9.06. The number of carbonyl (C=O) groups is 1. The number of likely N-dealkylation sites (tertiary alicyclic amines) is 1. The largest absolute Gasteiger partial charge is 0.397 e. The van der Waals surface area contributed by atoms with Crippen molar-refractivity contribution in [3.8, 4) is 0 Å². The van der Waals surface area contributed by atoms with E-state index in [4.69, 9.17) is 4.74 Å². The SMILES string of the molecule is O=C(COC1C=CC=CC1C(F)(F)F)N1CCC2(CC1)C(C1C=CC=CC1)=Cc1ccccc12. The number of fused-ring (bicyclic) bond motifs is 2. The van der Waals surface area contributed by atoms with E-state index in [-0.39, 0.29) is 17.9 Å². The molecule has 0 bridgehead atoms. The molecule has 3 aliphatic carbocycles. The number of hydrogen-bond acceptors (Lipinski definition) is 2. The number of ether oxygens (including phenoxy) is 1. The van der Waals surface area contributed by atoms with Crippen LogP contribution in [0.5, 0.6) is 0 Å². The third-order valence-corrected chi connectivity index (χ3v) is 7.55. The predicted molar refractivity (Wildman–Crippen MR) is 126 cm³/mol. The van der Waals surface area contributed by atoms with Gasteiger partial charge in [0.2, 0.25) is 5.91 Å². The third kappa shape index (κ3) is 4.20. The van der Waals surface area contributed by atoms with Crippen molar-refractivity contribution >= 4 is 12.0 Å². The van der Waals surface area contributed by atoms with Crippen molar-refractivity contribution in [1.29, 1.82) is 0 Å². The maximum absolute atomic E-state index is 13.3. The summed E-state index contributed by atoms with van der Waals surface area (Å²) in [5, 5.41) is 0. The fourth-order valence-corrected chi connectivity index (χ4v) is 5.79. The molecule has 1 aliphatic heterocycles. The van der Waals surface area contributed by atoms with Crippen LogP contribution in [0.2, 0.25) is 0 Å². The van der Waals surface area contributed by atoms with Crippen LogP contribution in [-0.4, -0.2) is 42.8 Å². The molecule has 3 atom stereocenters. The number of benzene rings is 1. The van der Waals surface area contributed by atoms with Crippen molar-refractivity contribution in [3.63, 3.8) is 0 Å². The molecule has 4 aliphatic rings. The standard InChI is InChI=1S/C28H28F3NO2/c29-28(30,31)23-12-6-7-13-25(23)34-19-26(33)32-16-14-27(15-17-32)22-11-5-4-10-21(22)18-24(27)20-8-2-1-3-9-20/h1-8,10-13,18,20,23,25H,9,14-17,19H2. The minimum Gasteiger partial charge on any atom is -0.363 e. The fourth-order valence-electron chi connectivity index (χ4n) is 5.79. The maximum atomic E-state index is 13.3. The van der Waals surface area contributed by atoms with Crippen LogP contribution in [-0.2, 0) is 14.9 Å². The first-order valence-electron chi connectivity index (χ1n) is 11.8. The van der Waals surface area contributed by atoms with Crippen LogP contribution in [0.4, 0.5) is 13.2 Å². The lowest BCUT2D eigenvalue weighted by Gasteiger charge is -2.44. The van der Waals surface area contributed by atoms with Crippen LogP contribution < -0.4 is 0 Å². The molecule has 1 aromatic carbocycles. The normalized spacial score (nSPS) is 27.2. The first-order valence-corrected chi connectivity index (χ1v) is 11.8. The Morgan fingerprint density at radius 2 is 1.76 bits per heavy atom. The van der Waals surface area contributed by atoms with E-state index in [1.165, 1.54) is 34.9 Å². The molecule has 178 valence electrons. The van der Waals surface area contributed by atoms with Gasteiger partial charge >= 0.3 is 6.18 Å². The van der Waals surface area contributed by atoms with Gasteiger partial charge in [-0.15, -0.1) is 0 Å². The van der Waals surface area contributed by atoms with Crippen molar-refractivity contribution in [2.24, 2.45) is 11.8 Å². The Balaban J connectivity index is 1.26. The molecular weight excluding hydrogens is 439 g/mol. The van der Waals surface area contributed by atoms with Crippen molar-refractivity contribution in [2.75, 3.05) is 19.7 Å². The van der Waals surface area contributed by atoms with Crippen molar-refractivity contribution in [3.05, 3.63) is 89.6 Å². The van der Waals surface area contributed by atoms with Gasteiger partial charge in [0.1, 0.15) is 12.5 Å². The van der Waals surface area contributed by atoms with Crippen LogP contribution in [0.15, 0.2) is 78.4 Å². The summed E-state index contributed by atoms with van der Waals surface area (Å²) in [6.07, 6.45) is 13.3. The third-order valence-electron chi connectivity index (χ3n) is 7.55. The second-order valence-corrected chi connectivity index (χ2v) is 9.42. The molecule has 0 radical (unpaired) electrons. The molecule has 3 unspecified atom stereocenters. The molecule has 1 heterocycles. The fraction of sp³-hybridized carbons (Fsp3) is 0.393. The molecule has 6 heteroatoms. The highest BCUT2D eigenvalue weighted by molar-refractivity contribution is 5.78. The van der Waals surface area contributed by atoms with Crippen LogP contribution in [0.25, 0.3) is 6.08 Å². The van der Waals surface area contributed by atoms with Crippen molar-refractivity contribution in [2.45, 2.75) is 37.0 Å². The topological polar surface area (TPSA) is 29.5 Å². The quantitative estimate of drug-likeness (QED) is 0.563. The first kappa shape index (κ1) is 22.9. The molecule has 0 aromatic heterocycles. The Morgan fingerprint density at radius 3 is 2.50 bits per heavy atom. The van der Waals surface area contributed by atoms with Gasteiger partial charge in [-0.05, 0) is 30.4 Å². The van der Waals surface area contributed by atoms with Gasteiger partial charge in [0.15, 0.2) is 0 Å². The summed E-state index contributed by atoms with van der Waals surface area (Å²) < 4.78 is 45.3. The van der Waals surface area contributed by atoms with Gasteiger partial charge in [-0.2, -0.15) is 13.2 Å². The summed E-state index contributed by atoms with van der Waals surface area (Å²) in [4.78, 5) is 14.6. The van der Waals surface area contributed by atoms with Crippen LogP contribution in [0.1, 0.15) is 30.4 Å². The highest BCUT2D eigenvalue weighted by Crippen LogP contribution is 2.52. The summed E-state index contributed by atoms with van der Waals surface area (Å²) >= 11 is 0. The number of allylic oxidation sites excluding steroid dienone is 7. The zero-order chi connectivity index (χ0) is 23.8. The second-order valence-electron chi connectivity index (χ2n) is 9.42. The van der Waals surface area contributed by atoms with E-state index >= 15 is 0 Å². The van der Waals surface area contributed by atoms with E-state index in [1.807, 2.05) is 0 Å².